The van der Waals surface area contributed by atoms with Gasteiger partial charge in [0.25, 0.3) is 0 Å². The second-order valence-electron chi connectivity index (χ2n) is 2.10. The molecule has 4 heteroatoms. The Morgan fingerprint density at radius 3 is 1.67 bits per heavy atom. The normalized spacial score (nSPS) is 11.0. The summed E-state index contributed by atoms with van der Waals surface area (Å²) in [7, 11) is 0. The fraction of sp³-hybridized carbons (Fsp3) is 0. The summed E-state index contributed by atoms with van der Waals surface area (Å²) < 4.78 is 9.86. The smallest absolute Gasteiger partial charge is 0.238 e. The van der Waals surface area contributed by atoms with E-state index in [1.165, 1.54) is 12.5 Å². The van der Waals surface area contributed by atoms with Crippen LogP contribution in [0.1, 0.15) is 0 Å². The SMILES string of the molecule is c1coc(/N=N/c2ccco2)c1. The summed E-state index contributed by atoms with van der Waals surface area (Å²) in [6.45, 7) is 0. The molecule has 0 aliphatic heterocycles. The van der Waals surface area contributed by atoms with Gasteiger partial charge in [-0.05, 0) is 12.1 Å². The van der Waals surface area contributed by atoms with Crippen LogP contribution in [0.25, 0.3) is 0 Å². The first-order valence-electron chi connectivity index (χ1n) is 3.44. The Morgan fingerprint density at radius 1 is 0.833 bits per heavy atom. The molecule has 60 valence electrons. The van der Waals surface area contributed by atoms with Crippen molar-refractivity contribution in [2.24, 2.45) is 10.2 Å². The van der Waals surface area contributed by atoms with E-state index in [0.29, 0.717) is 11.8 Å². The van der Waals surface area contributed by atoms with Gasteiger partial charge in [0.2, 0.25) is 11.8 Å². The van der Waals surface area contributed by atoms with Gasteiger partial charge in [-0.3, -0.25) is 0 Å². The van der Waals surface area contributed by atoms with Crippen LogP contribution in [0, 0.1) is 0 Å². The molecule has 0 radical (unpaired) electrons. The van der Waals surface area contributed by atoms with Gasteiger partial charge in [0, 0.05) is 12.1 Å². The number of hydrogen-bond acceptors (Lipinski definition) is 4. The number of rotatable bonds is 2. The average Bonchev–Trinajstić information content (AvgIpc) is 2.74. The van der Waals surface area contributed by atoms with Crippen molar-refractivity contribution in [2.45, 2.75) is 0 Å². The van der Waals surface area contributed by atoms with E-state index in [4.69, 9.17) is 8.83 Å². The highest BCUT2D eigenvalue weighted by Gasteiger charge is 1.92. The number of azo groups is 1. The maximum absolute atomic E-state index is 4.93. The van der Waals surface area contributed by atoms with Crippen molar-refractivity contribution in [1.29, 1.82) is 0 Å². The van der Waals surface area contributed by atoms with Crippen LogP contribution in [-0.2, 0) is 0 Å². The summed E-state index contributed by atoms with van der Waals surface area (Å²) in [6, 6.07) is 6.92. The van der Waals surface area contributed by atoms with Crippen molar-refractivity contribution >= 4 is 11.8 Å². The summed E-state index contributed by atoms with van der Waals surface area (Å²) in [6.07, 6.45) is 3.08. The largest absolute Gasteiger partial charge is 0.445 e. The molecule has 0 aliphatic rings. The first-order valence-corrected chi connectivity index (χ1v) is 3.44. The van der Waals surface area contributed by atoms with E-state index in [9.17, 15) is 0 Å². The van der Waals surface area contributed by atoms with Crippen LogP contribution in [0.4, 0.5) is 11.8 Å². The lowest BCUT2D eigenvalue weighted by Crippen LogP contribution is -1.51. The molecule has 0 saturated heterocycles. The van der Waals surface area contributed by atoms with Gasteiger partial charge in [0.15, 0.2) is 0 Å². The van der Waals surface area contributed by atoms with Crippen LogP contribution in [0.15, 0.2) is 55.9 Å². The Hall–Kier alpha value is -1.84. The van der Waals surface area contributed by atoms with Crippen LogP contribution in [0.3, 0.4) is 0 Å². The van der Waals surface area contributed by atoms with Gasteiger partial charge in [0.05, 0.1) is 12.5 Å². The van der Waals surface area contributed by atoms with Crippen molar-refractivity contribution in [3.63, 3.8) is 0 Å². The highest BCUT2D eigenvalue weighted by molar-refractivity contribution is 5.24. The van der Waals surface area contributed by atoms with Crippen molar-refractivity contribution in [2.75, 3.05) is 0 Å². The molecule has 0 unspecified atom stereocenters. The lowest BCUT2D eigenvalue weighted by atomic mass is 10.6. The first-order chi connectivity index (χ1) is 5.95. The van der Waals surface area contributed by atoms with E-state index in [-0.39, 0.29) is 0 Å². The molecule has 0 aliphatic carbocycles. The van der Waals surface area contributed by atoms with Gasteiger partial charge in [-0.1, -0.05) is 0 Å². The molecule has 4 nitrogen and oxygen atoms in total. The summed E-state index contributed by atoms with van der Waals surface area (Å²) in [4.78, 5) is 0. The van der Waals surface area contributed by atoms with Crippen molar-refractivity contribution < 1.29 is 8.83 Å². The second-order valence-corrected chi connectivity index (χ2v) is 2.10. The second kappa shape index (κ2) is 3.04. The number of furan rings is 2. The Bertz CT molecular complexity index is 312. The quantitative estimate of drug-likeness (QED) is 0.636. The Labute approximate surface area is 68.5 Å². The predicted octanol–water partition coefficient (Wildman–Crippen LogP) is 3.29. The molecule has 0 bridgehead atoms. The topological polar surface area (TPSA) is 51.0 Å². The molecule has 2 aromatic heterocycles. The standard InChI is InChI=1S/C8H6N2O2/c1-3-7(11-5-1)9-10-8-4-2-6-12-8/h1-6H/b10-9+. The number of nitrogens with zero attached hydrogens (tertiary/aromatic N) is 2. The van der Waals surface area contributed by atoms with Crippen LogP contribution < -0.4 is 0 Å². The third-order valence-corrected chi connectivity index (χ3v) is 1.26. The summed E-state index contributed by atoms with van der Waals surface area (Å²) in [5, 5.41) is 7.55. The van der Waals surface area contributed by atoms with Gasteiger partial charge in [0.1, 0.15) is 0 Å². The van der Waals surface area contributed by atoms with Crippen molar-refractivity contribution in [3.05, 3.63) is 36.8 Å². The molecular weight excluding hydrogens is 156 g/mol. The lowest BCUT2D eigenvalue weighted by Gasteiger charge is -1.81. The molecular formula is C8H6N2O2. The van der Waals surface area contributed by atoms with E-state index in [0.717, 1.165) is 0 Å². The van der Waals surface area contributed by atoms with Crippen LogP contribution in [0.2, 0.25) is 0 Å². The third kappa shape index (κ3) is 1.42. The Kier molecular flexibility index (Phi) is 1.74. The molecule has 0 atom stereocenters. The fourth-order valence-corrected chi connectivity index (χ4v) is 0.752. The van der Waals surface area contributed by atoms with E-state index in [1.54, 1.807) is 24.3 Å². The highest BCUT2D eigenvalue weighted by Crippen LogP contribution is 2.17. The minimum atomic E-state index is 0.464. The van der Waals surface area contributed by atoms with Gasteiger partial charge in [-0.15, -0.1) is 10.2 Å². The molecule has 0 fully saturated rings. The molecule has 2 aromatic rings. The molecule has 0 aromatic carbocycles. The number of hydrogen-bond donors (Lipinski definition) is 0. The zero-order chi connectivity index (χ0) is 8.23. The highest BCUT2D eigenvalue weighted by atomic mass is 16.4. The van der Waals surface area contributed by atoms with Crippen molar-refractivity contribution in [3.8, 4) is 0 Å². The van der Waals surface area contributed by atoms with Crippen LogP contribution in [-0.4, -0.2) is 0 Å². The first kappa shape index (κ1) is 6.84. The van der Waals surface area contributed by atoms with Gasteiger partial charge < -0.3 is 8.83 Å². The Balaban J connectivity index is 2.14. The third-order valence-electron chi connectivity index (χ3n) is 1.26. The van der Waals surface area contributed by atoms with Crippen LogP contribution >= 0.6 is 0 Å². The molecule has 2 rings (SSSR count). The molecule has 2 heterocycles. The van der Waals surface area contributed by atoms with Crippen LogP contribution in [0.5, 0.6) is 0 Å². The fourth-order valence-electron chi connectivity index (χ4n) is 0.752. The average molecular weight is 162 g/mol. The Morgan fingerprint density at radius 2 is 1.33 bits per heavy atom. The van der Waals surface area contributed by atoms with E-state index >= 15 is 0 Å². The van der Waals surface area contributed by atoms with Gasteiger partial charge >= 0.3 is 0 Å². The molecule has 0 saturated carbocycles. The lowest BCUT2D eigenvalue weighted by molar-refractivity contribution is 0.555. The van der Waals surface area contributed by atoms with Crippen molar-refractivity contribution in [1.82, 2.24) is 0 Å². The minimum Gasteiger partial charge on any atom is -0.445 e. The molecule has 0 amide bonds. The van der Waals surface area contributed by atoms with E-state index < -0.39 is 0 Å². The minimum absolute atomic E-state index is 0.464. The zero-order valence-electron chi connectivity index (χ0n) is 6.18. The molecule has 12 heavy (non-hydrogen) atoms. The van der Waals surface area contributed by atoms with E-state index in [2.05, 4.69) is 10.2 Å². The summed E-state index contributed by atoms with van der Waals surface area (Å²) >= 11 is 0. The zero-order valence-corrected chi connectivity index (χ0v) is 6.18. The maximum Gasteiger partial charge on any atom is 0.238 e. The van der Waals surface area contributed by atoms with E-state index in [1.807, 2.05) is 0 Å². The predicted molar refractivity (Wildman–Crippen MR) is 41.6 cm³/mol. The molecule has 0 spiro atoms. The monoisotopic (exact) mass is 162 g/mol. The summed E-state index contributed by atoms with van der Waals surface area (Å²) in [5.74, 6) is 0.929. The maximum atomic E-state index is 4.93. The van der Waals surface area contributed by atoms with Gasteiger partial charge in [-0.2, -0.15) is 0 Å². The van der Waals surface area contributed by atoms with Gasteiger partial charge in [-0.25, -0.2) is 0 Å². The summed E-state index contributed by atoms with van der Waals surface area (Å²) in [5.41, 5.74) is 0. The molecule has 0 N–H and O–H groups in total.